The highest BCUT2D eigenvalue weighted by atomic mass is 32.2. The monoisotopic (exact) mass is 298 g/mol. The number of nitrogen functional groups attached to an aromatic ring is 1. The Morgan fingerprint density at radius 1 is 1.30 bits per heavy atom. The van der Waals surface area contributed by atoms with E-state index in [9.17, 15) is 13.2 Å². The zero-order valence-electron chi connectivity index (χ0n) is 11.0. The highest BCUT2D eigenvalue weighted by Crippen LogP contribution is 2.31. The molecule has 1 saturated heterocycles. The quantitative estimate of drug-likeness (QED) is 0.662. The van der Waals surface area contributed by atoms with Gasteiger partial charge in [-0.2, -0.15) is 0 Å². The Morgan fingerprint density at radius 2 is 2.00 bits per heavy atom. The number of nitrogens with zero attached hydrogens (tertiary/aromatic N) is 1. The summed E-state index contributed by atoms with van der Waals surface area (Å²) in [6.45, 7) is 0.556. The van der Waals surface area contributed by atoms with E-state index >= 15 is 0 Å². The van der Waals surface area contributed by atoms with Crippen molar-refractivity contribution in [1.82, 2.24) is 0 Å². The van der Waals surface area contributed by atoms with Crippen LogP contribution in [0.15, 0.2) is 23.1 Å². The number of carbonyl (C=O) groups excluding carboxylic acids is 1. The summed E-state index contributed by atoms with van der Waals surface area (Å²) in [6.07, 6.45) is 2.34. The van der Waals surface area contributed by atoms with Crippen LogP contribution in [-0.2, 0) is 14.8 Å². The first kappa shape index (κ1) is 14.6. The van der Waals surface area contributed by atoms with Crippen LogP contribution in [0.3, 0.4) is 0 Å². The minimum atomic E-state index is -3.93. The molecule has 0 bridgehead atoms. The Labute approximate surface area is 117 Å². The molecule has 7 nitrogen and oxygen atoms in total. The molecule has 20 heavy (non-hydrogen) atoms. The Morgan fingerprint density at radius 3 is 2.60 bits per heavy atom. The van der Waals surface area contributed by atoms with E-state index in [4.69, 9.17) is 16.6 Å². The number of carbonyl (C=O) groups is 1. The van der Waals surface area contributed by atoms with Gasteiger partial charge in [-0.3, -0.25) is 4.79 Å². The summed E-state index contributed by atoms with van der Waals surface area (Å²) in [7, 11) is -3.93. The van der Waals surface area contributed by atoms with Crippen molar-refractivity contribution in [2.24, 2.45) is 10.9 Å². The molecular formula is C12H18N4O3S. The summed E-state index contributed by atoms with van der Waals surface area (Å²) in [5, 5.41) is 5.23. The molecule has 2 rings (SSSR count). The van der Waals surface area contributed by atoms with Crippen molar-refractivity contribution in [2.45, 2.75) is 30.2 Å². The molecule has 0 saturated carbocycles. The number of anilines is 2. The Bertz CT molecular complexity index is 630. The molecule has 0 aliphatic carbocycles. The van der Waals surface area contributed by atoms with Gasteiger partial charge in [0.05, 0.1) is 5.69 Å². The Hall–Kier alpha value is -1.80. The molecule has 1 amide bonds. The average Bonchev–Trinajstić information content (AvgIpc) is 2.37. The van der Waals surface area contributed by atoms with Crippen LogP contribution < -0.4 is 21.5 Å². The molecule has 110 valence electrons. The van der Waals surface area contributed by atoms with Gasteiger partial charge in [0.2, 0.25) is 15.9 Å². The number of nitrogens with two attached hydrogens (primary N) is 3. The van der Waals surface area contributed by atoms with E-state index in [1.807, 2.05) is 0 Å². The topological polar surface area (TPSA) is 133 Å². The molecule has 8 heteroatoms. The van der Waals surface area contributed by atoms with Gasteiger partial charge < -0.3 is 16.4 Å². The third-order valence-electron chi connectivity index (χ3n) is 3.43. The SMILES string of the molecule is NC(=O)C1CCCCN1c1ccc(N)cc1S(N)(=O)=O. The van der Waals surface area contributed by atoms with Crippen molar-refractivity contribution in [3.8, 4) is 0 Å². The lowest BCUT2D eigenvalue weighted by atomic mass is 10.0. The van der Waals surface area contributed by atoms with Gasteiger partial charge in [0.25, 0.3) is 0 Å². The van der Waals surface area contributed by atoms with Gasteiger partial charge in [-0.25, -0.2) is 13.6 Å². The fourth-order valence-electron chi connectivity index (χ4n) is 2.51. The fourth-order valence-corrected chi connectivity index (χ4v) is 3.29. The number of amides is 1. The minimum absolute atomic E-state index is 0.0781. The zero-order chi connectivity index (χ0) is 14.9. The van der Waals surface area contributed by atoms with Gasteiger partial charge in [0, 0.05) is 12.2 Å². The van der Waals surface area contributed by atoms with Crippen molar-refractivity contribution in [1.29, 1.82) is 0 Å². The first-order valence-corrected chi connectivity index (χ1v) is 7.83. The molecular weight excluding hydrogens is 280 g/mol. The normalized spacial score (nSPS) is 19.9. The second kappa shape index (κ2) is 5.29. The van der Waals surface area contributed by atoms with Crippen LogP contribution in [0.1, 0.15) is 19.3 Å². The molecule has 6 N–H and O–H groups in total. The van der Waals surface area contributed by atoms with E-state index in [1.165, 1.54) is 6.07 Å². The Kier molecular flexibility index (Phi) is 3.87. The molecule has 1 unspecified atom stereocenters. The average molecular weight is 298 g/mol. The van der Waals surface area contributed by atoms with Gasteiger partial charge in [-0.15, -0.1) is 0 Å². The van der Waals surface area contributed by atoms with Gasteiger partial charge in [-0.1, -0.05) is 0 Å². The maximum Gasteiger partial charge on any atom is 0.240 e. The number of hydrogen-bond acceptors (Lipinski definition) is 5. The largest absolute Gasteiger partial charge is 0.399 e. The van der Waals surface area contributed by atoms with E-state index in [1.54, 1.807) is 17.0 Å². The lowest BCUT2D eigenvalue weighted by Crippen LogP contribution is -2.48. The van der Waals surface area contributed by atoms with E-state index in [0.717, 1.165) is 12.8 Å². The van der Waals surface area contributed by atoms with E-state index in [-0.39, 0.29) is 4.90 Å². The predicted molar refractivity (Wildman–Crippen MR) is 76.4 cm³/mol. The van der Waals surface area contributed by atoms with E-state index < -0.39 is 22.0 Å². The lowest BCUT2D eigenvalue weighted by Gasteiger charge is -2.36. The third kappa shape index (κ3) is 2.86. The van der Waals surface area contributed by atoms with Crippen molar-refractivity contribution in [3.05, 3.63) is 18.2 Å². The Balaban J connectivity index is 2.53. The van der Waals surface area contributed by atoms with Crippen molar-refractivity contribution in [2.75, 3.05) is 17.2 Å². The van der Waals surface area contributed by atoms with E-state index in [2.05, 4.69) is 0 Å². The van der Waals surface area contributed by atoms with Crippen LogP contribution in [0.5, 0.6) is 0 Å². The number of primary sulfonamides is 1. The zero-order valence-corrected chi connectivity index (χ0v) is 11.8. The van der Waals surface area contributed by atoms with Gasteiger partial charge in [-0.05, 0) is 37.5 Å². The van der Waals surface area contributed by atoms with Gasteiger partial charge in [0.1, 0.15) is 10.9 Å². The summed E-state index contributed by atoms with van der Waals surface area (Å²) in [5.41, 5.74) is 11.7. The number of piperidine rings is 1. The second-order valence-electron chi connectivity index (χ2n) is 4.88. The molecule has 0 aromatic heterocycles. The van der Waals surface area contributed by atoms with Crippen LogP contribution in [-0.4, -0.2) is 26.9 Å². The third-order valence-corrected chi connectivity index (χ3v) is 4.37. The summed E-state index contributed by atoms with van der Waals surface area (Å²) in [6, 6.07) is 3.93. The molecule has 1 aromatic carbocycles. The first-order chi connectivity index (χ1) is 9.30. The second-order valence-corrected chi connectivity index (χ2v) is 6.41. The van der Waals surface area contributed by atoms with Crippen molar-refractivity contribution in [3.63, 3.8) is 0 Å². The number of hydrogen-bond donors (Lipinski definition) is 3. The highest BCUT2D eigenvalue weighted by molar-refractivity contribution is 7.89. The lowest BCUT2D eigenvalue weighted by molar-refractivity contribution is -0.119. The summed E-state index contributed by atoms with van der Waals surface area (Å²) in [5.74, 6) is -0.470. The highest BCUT2D eigenvalue weighted by Gasteiger charge is 2.30. The van der Waals surface area contributed by atoms with Gasteiger partial charge >= 0.3 is 0 Å². The molecule has 1 aliphatic rings. The van der Waals surface area contributed by atoms with Crippen molar-refractivity contribution >= 4 is 27.3 Å². The molecule has 1 atom stereocenters. The minimum Gasteiger partial charge on any atom is -0.399 e. The van der Waals surface area contributed by atoms with Gasteiger partial charge in [0.15, 0.2) is 0 Å². The maximum absolute atomic E-state index is 11.7. The van der Waals surface area contributed by atoms with Crippen LogP contribution in [0.4, 0.5) is 11.4 Å². The molecule has 1 fully saturated rings. The van der Waals surface area contributed by atoms with Crippen LogP contribution in [0.25, 0.3) is 0 Å². The number of sulfonamides is 1. The van der Waals surface area contributed by atoms with Crippen LogP contribution in [0.2, 0.25) is 0 Å². The molecule has 0 radical (unpaired) electrons. The number of rotatable bonds is 3. The fraction of sp³-hybridized carbons (Fsp3) is 0.417. The van der Waals surface area contributed by atoms with Crippen LogP contribution >= 0.6 is 0 Å². The molecule has 1 aliphatic heterocycles. The molecule has 1 heterocycles. The smallest absolute Gasteiger partial charge is 0.240 e. The number of benzene rings is 1. The number of primary amides is 1. The standard InChI is InChI=1S/C12H18N4O3S/c13-8-4-5-9(11(7-8)20(15,18)19)16-6-2-1-3-10(16)12(14)17/h4-5,7,10H,1-3,6,13H2,(H2,14,17)(H2,15,18,19). The predicted octanol–water partition coefficient (Wildman–Crippen LogP) is -0.240. The summed E-state index contributed by atoms with van der Waals surface area (Å²) >= 11 is 0. The van der Waals surface area contributed by atoms with Crippen LogP contribution in [0, 0.1) is 0 Å². The maximum atomic E-state index is 11.7. The summed E-state index contributed by atoms with van der Waals surface area (Å²) < 4.78 is 23.4. The molecule has 0 spiro atoms. The van der Waals surface area contributed by atoms with E-state index in [0.29, 0.717) is 24.3 Å². The first-order valence-electron chi connectivity index (χ1n) is 6.29. The van der Waals surface area contributed by atoms with Crippen molar-refractivity contribution < 1.29 is 13.2 Å². The molecule has 1 aromatic rings. The summed E-state index contributed by atoms with van der Waals surface area (Å²) in [4.78, 5) is 13.2.